The van der Waals surface area contributed by atoms with Crippen molar-refractivity contribution in [2.45, 2.75) is 25.7 Å². The van der Waals surface area contributed by atoms with Gasteiger partial charge in [0.2, 0.25) is 0 Å². The van der Waals surface area contributed by atoms with Gasteiger partial charge in [0, 0.05) is 33.5 Å². The van der Waals surface area contributed by atoms with Gasteiger partial charge in [-0.1, -0.05) is 29.8 Å². The third kappa shape index (κ3) is 8.91. The number of thiazole rings is 1. The molecule has 0 atom stereocenters. The summed E-state index contributed by atoms with van der Waals surface area (Å²) in [4.78, 5) is 17.2. The molecule has 0 saturated carbocycles. The number of nitrogens with two attached hydrogens (primary N) is 1. The quantitative estimate of drug-likeness (QED) is 0.428. The maximum atomic E-state index is 12.6. The zero-order valence-corrected chi connectivity index (χ0v) is 22.2. The average molecular weight is 529 g/mol. The molecule has 0 spiro atoms. The van der Waals surface area contributed by atoms with Crippen LogP contribution in [0.2, 0.25) is 5.02 Å². The summed E-state index contributed by atoms with van der Waals surface area (Å²) in [5, 5.41) is 6.86. The van der Waals surface area contributed by atoms with Crippen LogP contribution >= 0.6 is 34.5 Å². The van der Waals surface area contributed by atoms with E-state index in [0.717, 1.165) is 22.5 Å². The molecule has 6 nitrogen and oxygen atoms in total. The molecule has 0 aliphatic carbocycles. The van der Waals surface area contributed by atoms with Gasteiger partial charge < -0.3 is 11.1 Å². The molecule has 0 fully saturated rings. The zero-order valence-electron chi connectivity index (χ0n) is 19.1. The summed E-state index contributed by atoms with van der Waals surface area (Å²) in [6.45, 7) is 8.68. The van der Waals surface area contributed by atoms with Crippen molar-refractivity contribution in [2.75, 3.05) is 18.6 Å². The summed E-state index contributed by atoms with van der Waals surface area (Å²) in [6.07, 6.45) is 1.14. The Balaban J connectivity index is 0.000000820. The lowest BCUT2D eigenvalue weighted by atomic mass is 10.1. The van der Waals surface area contributed by atoms with E-state index in [-0.39, 0.29) is 10.8 Å². The fourth-order valence-corrected chi connectivity index (χ4v) is 4.14. The molecule has 3 N–H and O–H groups in total. The fraction of sp³-hybridized carbons (Fsp3) is 0.217. The molecule has 0 bridgehead atoms. The topological polar surface area (TPSA) is 102 Å². The molecule has 1 aromatic heterocycles. The number of halogens is 2. The van der Waals surface area contributed by atoms with Gasteiger partial charge in [-0.3, -0.25) is 4.79 Å². The lowest BCUT2D eigenvalue weighted by molar-refractivity contribution is 0.102. The van der Waals surface area contributed by atoms with Crippen LogP contribution in [0.15, 0.2) is 58.3 Å². The van der Waals surface area contributed by atoms with E-state index >= 15 is 0 Å². The Morgan fingerprint density at radius 3 is 2.24 bits per heavy atom. The first-order chi connectivity index (χ1) is 15.4. The van der Waals surface area contributed by atoms with Gasteiger partial charge in [0.25, 0.3) is 5.91 Å². The molecule has 10 heteroatoms. The molecule has 0 aliphatic rings. The number of hydrogen-bond donors (Lipinski definition) is 2. The van der Waals surface area contributed by atoms with E-state index in [9.17, 15) is 13.2 Å². The van der Waals surface area contributed by atoms with Crippen molar-refractivity contribution in [2.24, 2.45) is 5.73 Å². The first-order valence-electron chi connectivity index (χ1n) is 9.61. The molecule has 178 valence electrons. The number of nitrogens with zero attached hydrogens (tertiary/aromatic N) is 1. The summed E-state index contributed by atoms with van der Waals surface area (Å²) in [7, 11) is -1.82. The van der Waals surface area contributed by atoms with Crippen LogP contribution in [0, 0.1) is 13.8 Å². The van der Waals surface area contributed by atoms with Crippen molar-refractivity contribution in [1.29, 1.82) is 0 Å². The first kappa shape index (κ1) is 28.8. The molecule has 33 heavy (non-hydrogen) atoms. The van der Waals surface area contributed by atoms with Gasteiger partial charge in [-0.25, -0.2) is 13.4 Å². The number of nitrogens with one attached hydrogen (secondary N) is 1. The highest BCUT2D eigenvalue weighted by atomic mass is 35.5. The van der Waals surface area contributed by atoms with E-state index in [1.54, 1.807) is 32.0 Å². The number of benzene rings is 2. The van der Waals surface area contributed by atoms with Crippen molar-refractivity contribution < 1.29 is 13.2 Å². The lowest BCUT2D eigenvalue weighted by Crippen LogP contribution is -2.14. The van der Waals surface area contributed by atoms with Crippen molar-refractivity contribution in [3.8, 4) is 11.3 Å². The Labute approximate surface area is 209 Å². The SMILES string of the molecule is C=C(C)Cl.CN.Cc1nc(-c2cc(NC(=O)c3ccc(S(C)(=O)=O)cc3C)ccc2Cl)cs1. The molecule has 1 amide bonds. The van der Waals surface area contributed by atoms with E-state index in [2.05, 4.69) is 22.6 Å². The molecule has 3 aromatic rings. The minimum atomic E-state index is -3.32. The van der Waals surface area contributed by atoms with E-state index < -0.39 is 9.84 Å². The Kier molecular flexibility index (Phi) is 11.2. The second kappa shape index (κ2) is 12.9. The van der Waals surface area contributed by atoms with Gasteiger partial charge in [0.1, 0.15) is 0 Å². The zero-order chi connectivity index (χ0) is 25.3. The molecule has 1 heterocycles. The molecule has 3 rings (SSSR count). The Morgan fingerprint density at radius 2 is 1.76 bits per heavy atom. The maximum absolute atomic E-state index is 12.6. The highest BCUT2D eigenvalue weighted by Gasteiger charge is 2.15. The standard InChI is InChI=1S/C19H17ClN2O3S2.C3H5Cl.CH5N/c1-11-8-14(27(3,24)25)5-6-15(11)19(23)22-13-4-7-17(20)16(9-13)18-10-26-12(2)21-18;1-3(2)4;1-2/h4-10H,1-3H3,(H,22,23);1H2,2H3;2H2,1H3. The number of anilines is 1. The second-order valence-corrected chi connectivity index (χ2v) is 11.0. The predicted octanol–water partition coefficient (Wildman–Crippen LogP) is 6.07. The van der Waals surface area contributed by atoms with Crippen molar-refractivity contribution in [3.63, 3.8) is 0 Å². The fourth-order valence-electron chi connectivity index (χ4n) is 2.61. The predicted molar refractivity (Wildman–Crippen MR) is 140 cm³/mol. The molecule has 0 radical (unpaired) electrons. The highest BCUT2D eigenvalue weighted by molar-refractivity contribution is 7.90. The number of aryl methyl sites for hydroxylation is 2. The first-order valence-corrected chi connectivity index (χ1v) is 13.1. The average Bonchev–Trinajstić information content (AvgIpc) is 3.15. The number of hydrogen-bond acceptors (Lipinski definition) is 6. The molecular weight excluding hydrogens is 501 g/mol. The summed E-state index contributed by atoms with van der Waals surface area (Å²) >= 11 is 12.9. The Hall–Kier alpha value is -2.23. The number of amides is 1. The molecule has 0 aliphatic heterocycles. The third-order valence-electron chi connectivity index (χ3n) is 3.99. The van der Waals surface area contributed by atoms with Crippen molar-refractivity contribution in [3.05, 3.63) is 74.5 Å². The Bertz CT molecular complexity index is 1240. The van der Waals surface area contributed by atoms with Crippen LogP contribution in [0.25, 0.3) is 11.3 Å². The van der Waals surface area contributed by atoms with Crippen LogP contribution in [0.3, 0.4) is 0 Å². The van der Waals surface area contributed by atoms with Crippen LogP contribution in [0.1, 0.15) is 27.9 Å². The van der Waals surface area contributed by atoms with Gasteiger partial charge in [-0.05, 0) is 69.8 Å². The highest BCUT2D eigenvalue weighted by Crippen LogP contribution is 2.31. The van der Waals surface area contributed by atoms with E-state index in [1.165, 1.54) is 36.6 Å². The van der Waals surface area contributed by atoms with Crippen LogP contribution in [0.5, 0.6) is 0 Å². The largest absolute Gasteiger partial charge is 0.333 e. The van der Waals surface area contributed by atoms with Gasteiger partial charge in [-0.15, -0.1) is 11.3 Å². The number of rotatable bonds is 4. The lowest BCUT2D eigenvalue weighted by Gasteiger charge is -2.11. The van der Waals surface area contributed by atoms with E-state index in [1.807, 2.05) is 12.3 Å². The van der Waals surface area contributed by atoms with E-state index in [4.69, 9.17) is 23.2 Å². The summed E-state index contributed by atoms with van der Waals surface area (Å²) in [5.41, 5.74) is 7.56. The molecule has 0 saturated heterocycles. The van der Waals surface area contributed by atoms with Crippen LogP contribution in [0.4, 0.5) is 5.69 Å². The van der Waals surface area contributed by atoms with Crippen LogP contribution < -0.4 is 11.1 Å². The Morgan fingerprint density at radius 1 is 1.15 bits per heavy atom. The van der Waals surface area contributed by atoms with Crippen LogP contribution in [-0.4, -0.2) is 32.6 Å². The summed E-state index contributed by atoms with van der Waals surface area (Å²) in [5.74, 6) is -0.324. The van der Waals surface area contributed by atoms with Gasteiger partial charge in [0.05, 0.1) is 20.6 Å². The minimum Gasteiger partial charge on any atom is -0.333 e. The van der Waals surface area contributed by atoms with Crippen molar-refractivity contribution >= 4 is 56.0 Å². The maximum Gasteiger partial charge on any atom is 0.255 e. The normalized spacial score (nSPS) is 10.3. The monoisotopic (exact) mass is 527 g/mol. The summed E-state index contributed by atoms with van der Waals surface area (Å²) in [6, 6.07) is 9.64. The third-order valence-corrected chi connectivity index (χ3v) is 6.20. The number of sulfone groups is 1. The van der Waals surface area contributed by atoms with Gasteiger partial charge in [-0.2, -0.15) is 0 Å². The minimum absolute atomic E-state index is 0.184. The van der Waals surface area contributed by atoms with Gasteiger partial charge >= 0.3 is 0 Å². The van der Waals surface area contributed by atoms with Crippen molar-refractivity contribution in [1.82, 2.24) is 4.98 Å². The second-order valence-electron chi connectivity index (χ2n) is 6.83. The van der Waals surface area contributed by atoms with Crippen LogP contribution in [-0.2, 0) is 9.84 Å². The molecular formula is C23H27Cl2N3O3S2. The molecule has 2 aromatic carbocycles. The van der Waals surface area contributed by atoms with Gasteiger partial charge in [0.15, 0.2) is 9.84 Å². The molecule has 0 unspecified atom stereocenters. The number of carbonyl (C=O) groups is 1. The number of carbonyl (C=O) groups excluding carboxylic acids is 1. The van der Waals surface area contributed by atoms with E-state index in [0.29, 0.717) is 26.9 Å². The number of allylic oxidation sites excluding steroid dienone is 1. The smallest absolute Gasteiger partial charge is 0.255 e. The number of aromatic nitrogens is 1. The summed E-state index contributed by atoms with van der Waals surface area (Å²) < 4.78 is 23.3.